The number of ether oxygens (including phenoxy) is 4. The zero-order chi connectivity index (χ0) is 21.7. The third kappa shape index (κ3) is 5.23. The molecule has 0 saturated carbocycles. The van der Waals surface area contributed by atoms with E-state index < -0.39 is 41.7 Å². The zero-order valence-electron chi connectivity index (χ0n) is 16.3. The van der Waals surface area contributed by atoms with Gasteiger partial charge in [0.25, 0.3) is 0 Å². The van der Waals surface area contributed by atoms with E-state index in [4.69, 9.17) is 18.9 Å². The van der Waals surface area contributed by atoms with Crippen LogP contribution in [0.2, 0.25) is 0 Å². The molecule has 12 nitrogen and oxygen atoms in total. The molecule has 0 aliphatic carbocycles. The van der Waals surface area contributed by atoms with Gasteiger partial charge in [0.1, 0.15) is 0 Å². The number of hydrogen-bond donors (Lipinski definition) is 1. The van der Waals surface area contributed by atoms with Crippen LogP contribution in [0.4, 0.5) is 0 Å². The third-order valence-electron chi connectivity index (χ3n) is 3.88. The Kier molecular flexibility index (Phi) is 6.82. The van der Waals surface area contributed by atoms with Crippen LogP contribution in [-0.2, 0) is 28.6 Å². The molecule has 0 radical (unpaired) electrons. The maximum absolute atomic E-state index is 11.7. The quantitative estimate of drug-likeness (QED) is 0.494. The van der Waals surface area contributed by atoms with Crippen molar-refractivity contribution in [2.45, 2.75) is 44.5 Å². The van der Waals surface area contributed by atoms with E-state index in [1.54, 1.807) is 12.1 Å². The number of tetrazole rings is 1. The molecule has 1 saturated heterocycles. The minimum absolute atomic E-state index is 0.213. The van der Waals surface area contributed by atoms with Gasteiger partial charge in [-0.25, -0.2) is 4.98 Å². The standard InChI is InChI=1S/C17H19N5O7S/c1-8(23)26-12-7-30-17(15(28-10(3)25)14(12)27-9(2)24)29-11-5-4-6-18-13(11)16-19-21-22-20-16/h4-6,12,14-15,17H,7H2,1-3H3,(H,19,20,21,22)/t12-,14+,15-,17?/m1/s1. The number of esters is 3. The van der Waals surface area contributed by atoms with Crippen molar-refractivity contribution in [3.8, 4) is 17.3 Å². The summed E-state index contributed by atoms with van der Waals surface area (Å²) < 4.78 is 22.1. The Labute approximate surface area is 175 Å². The van der Waals surface area contributed by atoms with E-state index in [0.29, 0.717) is 11.4 Å². The Balaban J connectivity index is 1.91. The van der Waals surface area contributed by atoms with Gasteiger partial charge in [-0.05, 0) is 17.3 Å². The van der Waals surface area contributed by atoms with Gasteiger partial charge < -0.3 is 18.9 Å². The lowest BCUT2D eigenvalue weighted by atomic mass is 10.1. The van der Waals surface area contributed by atoms with Crippen LogP contribution in [0.1, 0.15) is 20.8 Å². The molecular weight excluding hydrogens is 418 g/mol. The van der Waals surface area contributed by atoms with Crippen molar-refractivity contribution in [1.29, 1.82) is 0 Å². The maximum Gasteiger partial charge on any atom is 0.303 e. The van der Waals surface area contributed by atoms with Crippen LogP contribution < -0.4 is 4.74 Å². The molecule has 2 aromatic heterocycles. The van der Waals surface area contributed by atoms with Crippen LogP contribution in [0, 0.1) is 0 Å². The predicted octanol–water partition coefficient (Wildman–Crippen LogP) is 0.508. The summed E-state index contributed by atoms with van der Waals surface area (Å²) in [5.41, 5.74) is -0.473. The van der Waals surface area contributed by atoms with Crippen LogP contribution >= 0.6 is 11.8 Å². The molecule has 0 bridgehead atoms. The third-order valence-corrected chi connectivity index (χ3v) is 5.09. The topological polar surface area (TPSA) is 155 Å². The van der Waals surface area contributed by atoms with E-state index in [1.165, 1.54) is 38.7 Å². The predicted molar refractivity (Wildman–Crippen MR) is 101 cm³/mol. The Morgan fingerprint density at radius 3 is 2.40 bits per heavy atom. The molecular formula is C17H19N5O7S. The number of aromatic amines is 1. The number of nitrogens with one attached hydrogen (secondary N) is 1. The highest BCUT2D eigenvalue weighted by Gasteiger charge is 2.48. The van der Waals surface area contributed by atoms with Crippen molar-refractivity contribution in [3.05, 3.63) is 18.3 Å². The molecule has 1 aliphatic heterocycles. The highest BCUT2D eigenvalue weighted by molar-refractivity contribution is 7.99. The fourth-order valence-corrected chi connectivity index (χ4v) is 4.06. The molecule has 1 aliphatic rings. The van der Waals surface area contributed by atoms with Gasteiger partial charge in [0, 0.05) is 32.7 Å². The Morgan fingerprint density at radius 2 is 1.77 bits per heavy atom. The Bertz CT molecular complexity index is 910. The van der Waals surface area contributed by atoms with Gasteiger partial charge in [0.15, 0.2) is 35.2 Å². The molecule has 0 amide bonds. The van der Waals surface area contributed by atoms with Crippen molar-refractivity contribution in [2.24, 2.45) is 0 Å². The molecule has 160 valence electrons. The summed E-state index contributed by atoms with van der Waals surface area (Å²) in [7, 11) is 0. The average Bonchev–Trinajstić information content (AvgIpc) is 3.20. The number of hydrogen-bond acceptors (Lipinski definition) is 12. The molecule has 0 aromatic carbocycles. The van der Waals surface area contributed by atoms with Crippen LogP contribution in [0.15, 0.2) is 18.3 Å². The van der Waals surface area contributed by atoms with E-state index in [0.717, 1.165) is 0 Å². The van der Waals surface area contributed by atoms with E-state index in [9.17, 15) is 14.4 Å². The fourth-order valence-electron chi connectivity index (χ4n) is 2.85. The smallest absolute Gasteiger partial charge is 0.303 e. The van der Waals surface area contributed by atoms with E-state index in [1.807, 2.05) is 0 Å². The SMILES string of the molecule is CC(=O)O[C@H]1[C@H](OC(C)=O)CSC(Oc2cccnc2-c2nn[nH]n2)[C@@H]1OC(C)=O. The number of rotatable bonds is 6. The first-order valence-corrected chi connectivity index (χ1v) is 9.88. The van der Waals surface area contributed by atoms with Gasteiger partial charge in [-0.3, -0.25) is 14.4 Å². The van der Waals surface area contributed by atoms with Gasteiger partial charge in [-0.2, -0.15) is 5.21 Å². The van der Waals surface area contributed by atoms with Gasteiger partial charge in [-0.1, -0.05) is 0 Å². The van der Waals surface area contributed by atoms with Crippen LogP contribution in [0.3, 0.4) is 0 Å². The number of carbonyl (C=O) groups is 3. The highest BCUT2D eigenvalue weighted by Crippen LogP contribution is 2.36. The molecule has 1 unspecified atom stereocenters. The lowest BCUT2D eigenvalue weighted by molar-refractivity contribution is -0.186. The minimum Gasteiger partial charge on any atom is -0.473 e. The maximum atomic E-state index is 11.7. The lowest BCUT2D eigenvalue weighted by Gasteiger charge is -2.39. The van der Waals surface area contributed by atoms with Crippen molar-refractivity contribution < 1.29 is 33.3 Å². The number of aromatic nitrogens is 5. The van der Waals surface area contributed by atoms with Gasteiger partial charge in [0.2, 0.25) is 5.82 Å². The summed E-state index contributed by atoms with van der Waals surface area (Å²) in [5.74, 6) is -1.01. The van der Waals surface area contributed by atoms with Crippen molar-refractivity contribution in [3.63, 3.8) is 0 Å². The number of thioether (sulfide) groups is 1. The fraction of sp³-hybridized carbons (Fsp3) is 0.471. The summed E-state index contributed by atoms with van der Waals surface area (Å²) in [5, 5.41) is 13.6. The Morgan fingerprint density at radius 1 is 1.07 bits per heavy atom. The summed E-state index contributed by atoms with van der Waals surface area (Å²) in [6, 6.07) is 3.29. The van der Waals surface area contributed by atoms with Crippen molar-refractivity contribution in [1.82, 2.24) is 25.6 Å². The van der Waals surface area contributed by atoms with E-state index >= 15 is 0 Å². The normalized spacial score (nSPS) is 23.3. The Hall–Kier alpha value is -3.22. The van der Waals surface area contributed by atoms with E-state index in [2.05, 4.69) is 25.6 Å². The van der Waals surface area contributed by atoms with Gasteiger partial charge in [-0.15, -0.1) is 22.0 Å². The molecule has 3 heterocycles. The van der Waals surface area contributed by atoms with Crippen LogP contribution in [0.25, 0.3) is 11.5 Å². The van der Waals surface area contributed by atoms with Crippen LogP contribution in [0.5, 0.6) is 5.75 Å². The first kappa shape index (κ1) is 21.5. The number of H-pyrrole nitrogens is 1. The monoisotopic (exact) mass is 437 g/mol. The molecule has 4 atom stereocenters. The zero-order valence-corrected chi connectivity index (χ0v) is 17.1. The van der Waals surface area contributed by atoms with Crippen molar-refractivity contribution in [2.75, 3.05) is 5.75 Å². The molecule has 30 heavy (non-hydrogen) atoms. The first-order valence-electron chi connectivity index (χ1n) is 8.84. The van der Waals surface area contributed by atoms with Crippen molar-refractivity contribution >= 4 is 29.7 Å². The summed E-state index contributed by atoms with van der Waals surface area (Å²) in [4.78, 5) is 39.1. The molecule has 13 heteroatoms. The van der Waals surface area contributed by atoms with Crippen LogP contribution in [-0.4, -0.2) is 73.0 Å². The second-order valence-corrected chi connectivity index (χ2v) is 7.33. The second kappa shape index (κ2) is 9.52. The minimum atomic E-state index is -1.05. The summed E-state index contributed by atoms with van der Waals surface area (Å²) >= 11 is 1.24. The molecule has 3 rings (SSSR count). The molecule has 1 fully saturated rings. The molecule has 1 N–H and O–H groups in total. The first-order chi connectivity index (χ1) is 14.3. The van der Waals surface area contributed by atoms with Gasteiger partial charge >= 0.3 is 17.9 Å². The largest absolute Gasteiger partial charge is 0.473 e. The average molecular weight is 437 g/mol. The van der Waals surface area contributed by atoms with Gasteiger partial charge in [0.05, 0.1) is 0 Å². The number of carbonyl (C=O) groups excluding carboxylic acids is 3. The lowest BCUT2D eigenvalue weighted by Crippen LogP contribution is -2.55. The number of nitrogens with zero attached hydrogens (tertiary/aromatic N) is 4. The number of pyridine rings is 1. The molecule has 2 aromatic rings. The summed E-state index contributed by atoms with van der Waals surface area (Å²) in [6.45, 7) is 3.67. The van der Waals surface area contributed by atoms with E-state index in [-0.39, 0.29) is 11.6 Å². The molecule has 0 spiro atoms. The summed E-state index contributed by atoms with van der Waals surface area (Å²) in [6.07, 6.45) is -1.38. The highest BCUT2D eigenvalue weighted by atomic mass is 32.2. The second-order valence-electron chi connectivity index (χ2n) is 6.20.